The Hall–Kier alpha value is -7.06. The average molecular weight is 748 g/mol. The molecule has 0 fully saturated rings. The van der Waals surface area contributed by atoms with E-state index in [0.29, 0.717) is 0 Å². The molecule has 0 atom stereocenters. The van der Waals surface area contributed by atoms with E-state index in [1.54, 1.807) is 0 Å². The molecule has 0 saturated heterocycles. The van der Waals surface area contributed by atoms with Crippen LogP contribution in [0.25, 0.3) is 87.9 Å². The molecule has 0 aliphatic heterocycles. The lowest BCUT2D eigenvalue weighted by Gasteiger charge is -2.20. The summed E-state index contributed by atoms with van der Waals surface area (Å²) in [6, 6.07) is 70.7. The summed E-state index contributed by atoms with van der Waals surface area (Å²) in [6.45, 7) is 0. The van der Waals surface area contributed by atoms with Gasteiger partial charge in [-0.15, -0.1) is 0 Å². The highest BCUT2D eigenvalue weighted by atomic mass is 31.2. The zero-order valence-corrected chi connectivity index (χ0v) is 31.7. The fraction of sp³-hybridized carbons (Fsp3) is 0. The quantitative estimate of drug-likeness (QED) is 0.126. The number of furan rings is 1. The van der Waals surface area contributed by atoms with E-state index >= 15 is 4.57 Å². The predicted octanol–water partition coefficient (Wildman–Crippen LogP) is 13.1. The molecule has 9 aromatic carbocycles. The molecule has 0 radical (unpaired) electrons. The Bertz CT molecular complexity index is 3340. The van der Waals surface area contributed by atoms with Gasteiger partial charge in [0.1, 0.15) is 11.3 Å². The van der Waals surface area contributed by atoms with Gasteiger partial charge in [0, 0.05) is 37.6 Å². The minimum atomic E-state index is -3.13. The first-order valence-electron chi connectivity index (χ1n) is 19.2. The third-order valence-electron chi connectivity index (χ3n) is 11.3. The van der Waals surface area contributed by atoms with Gasteiger partial charge in [0.25, 0.3) is 0 Å². The number of fused-ring (bicyclic) bond motifs is 8. The Labute approximate surface area is 329 Å². The van der Waals surface area contributed by atoms with E-state index in [9.17, 15) is 0 Å². The van der Waals surface area contributed by atoms with E-state index < -0.39 is 7.14 Å². The standard InChI is InChI=1S/C53H34NO2P/c55-57(40-19-3-1-4-20-40,41-21-5-2-6-22-41)42-23-14-18-37(32-42)35-16-13-17-36(31-35)38-29-30-49-48(33-38)51-46-27-11-12-28-50(46)56-53(51)52(54-49)47-34-39-15-7-8-24-43(39)44-25-9-10-26-45(44)47/h1-34H. The van der Waals surface area contributed by atoms with E-state index in [2.05, 4.69) is 121 Å². The molecule has 0 saturated carbocycles. The van der Waals surface area contributed by atoms with Gasteiger partial charge in [0.2, 0.25) is 0 Å². The molecule has 11 aromatic rings. The molecule has 2 aromatic heterocycles. The van der Waals surface area contributed by atoms with Crippen molar-refractivity contribution in [2.24, 2.45) is 0 Å². The normalized spacial score (nSPS) is 11.9. The van der Waals surface area contributed by atoms with E-state index in [0.717, 1.165) is 87.7 Å². The van der Waals surface area contributed by atoms with E-state index in [1.165, 1.54) is 16.2 Å². The monoisotopic (exact) mass is 747 g/mol. The Morgan fingerprint density at radius 3 is 1.70 bits per heavy atom. The van der Waals surface area contributed by atoms with Gasteiger partial charge in [-0.1, -0.05) is 170 Å². The Morgan fingerprint density at radius 2 is 0.965 bits per heavy atom. The zero-order valence-electron chi connectivity index (χ0n) is 30.8. The highest BCUT2D eigenvalue weighted by Crippen LogP contribution is 2.45. The summed E-state index contributed by atoms with van der Waals surface area (Å²) < 4.78 is 22.0. The van der Waals surface area contributed by atoms with Crippen LogP contribution >= 0.6 is 7.14 Å². The van der Waals surface area contributed by atoms with Crippen molar-refractivity contribution >= 4 is 77.4 Å². The Kier molecular flexibility index (Phi) is 7.77. The van der Waals surface area contributed by atoms with Crippen molar-refractivity contribution in [3.63, 3.8) is 0 Å². The molecular weight excluding hydrogens is 714 g/mol. The van der Waals surface area contributed by atoms with Gasteiger partial charge < -0.3 is 8.98 Å². The van der Waals surface area contributed by atoms with Gasteiger partial charge in [-0.2, -0.15) is 0 Å². The third-order valence-corrected chi connectivity index (χ3v) is 14.4. The van der Waals surface area contributed by atoms with Crippen LogP contribution in [-0.4, -0.2) is 4.98 Å². The van der Waals surface area contributed by atoms with E-state index in [-0.39, 0.29) is 0 Å². The van der Waals surface area contributed by atoms with Crippen LogP contribution in [0.3, 0.4) is 0 Å². The van der Waals surface area contributed by atoms with Gasteiger partial charge in [0.05, 0.1) is 5.52 Å². The third kappa shape index (κ3) is 5.43. The molecule has 0 aliphatic carbocycles. The molecule has 0 amide bonds. The average Bonchev–Trinajstić information content (AvgIpc) is 3.69. The van der Waals surface area contributed by atoms with Crippen molar-refractivity contribution < 1.29 is 8.98 Å². The first-order chi connectivity index (χ1) is 28.1. The van der Waals surface area contributed by atoms with Crippen molar-refractivity contribution in [1.29, 1.82) is 0 Å². The minimum absolute atomic E-state index is 0.785. The lowest BCUT2D eigenvalue weighted by Crippen LogP contribution is -2.25. The maximum absolute atomic E-state index is 15.2. The molecular formula is C53H34NO2P. The zero-order chi connectivity index (χ0) is 37.9. The van der Waals surface area contributed by atoms with Gasteiger partial charge >= 0.3 is 0 Å². The van der Waals surface area contributed by atoms with Crippen molar-refractivity contribution in [2.45, 2.75) is 0 Å². The van der Waals surface area contributed by atoms with Crippen LogP contribution < -0.4 is 15.9 Å². The van der Waals surface area contributed by atoms with E-state index in [4.69, 9.17) is 9.40 Å². The van der Waals surface area contributed by atoms with Crippen LogP contribution in [-0.2, 0) is 4.57 Å². The highest BCUT2D eigenvalue weighted by Gasteiger charge is 2.30. The van der Waals surface area contributed by atoms with Crippen LogP contribution in [0.4, 0.5) is 0 Å². The summed E-state index contributed by atoms with van der Waals surface area (Å²) in [7, 11) is -3.13. The number of hydrogen-bond donors (Lipinski definition) is 0. The number of benzene rings is 9. The van der Waals surface area contributed by atoms with Gasteiger partial charge in [-0.25, -0.2) is 4.98 Å². The topological polar surface area (TPSA) is 43.1 Å². The molecule has 4 heteroatoms. The van der Waals surface area contributed by atoms with E-state index in [1.807, 2.05) is 84.9 Å². The first-order valence-corrected chi connectivity index (χ1v) is 20.9. The smallest absolute Gasteiger partial charge is 0.171 e. The molecule has 3 nitrogen and oxygen atoms in total. The number of aromatic nitrogens is 1. The second-order valence-electron chi connectivity index (χ2n) is 14.6. The maximum atomic E-state index is 15.2. The minimum Gasteiger partial charge on any atom is -0.454 e. The number of rotatable bonds is 6. The molecule has 0 N–H and O–H groups in total. The number of pyridine rings is 1. The predicted molar refractivity (Wildman–Crippen MR) is 240 cm³/mol. The highest BCUT2D eigenvalue weighted by molar-refractivity contribution is 7.85. The molecule has 2 heterocycles. The first kappa shape index (κ1) is 33.3. The second kappa shape index (κ2) is 13.3. The summed E-state index contributed by atoms with van der Waals surface area (Å²) in [4.78, 5) is 5.39. The van der Waals surface area contributed by atoms with Crippen LogP contribution in [0, 0.1) is 0 Å². The number of hydrogen-bond acceptors (Lipinski definition) is 3. The van der Waals surface area contributed by atoms with Gasteiger partial charge in [-0.3, -0.25) is 0 Å². The SMILES string of the molecule is O=P(c1ccccc1)(c1ccccc1)c1cccc(-c2cccc(-c3ccc4nc(-c5cc6ccccc6c6ccccc56)c5oc6ccccc6c5c4c3)c2)c1. The summed E-state index contributed by atoms with van der Waals surface area (Å²) in [6.07, 6.45) is 0. The Morgan fingerprint density at radius 1 is 0.404 bits per heavy atom. The summed E-state index contributed by atoms with van der Waals surface area (Å²) in [5, 5.41) is 10.3. The lowest BCUT2D eigenvalue weighted by atomic mass is 9.93. The molecule has 268 valence electrons. The van der Waals surface area contributed by atoms with Crippen molar-refractivity contribution in [2.75, 3.05) is 0 Å². The van der Waals surface area contributed by atoms with Crippen LogP contribution in [0.2, 0.25) is 0 Å². The molecule has 0 bridgehead atoms. The lowest BCUT2D eigenvalue weighted by molar-refractivity contribution is 0.592. The van der Waals surface area contributed by atoms with Gasteiger partial charge in [0.15, 0.2) is 12.7 Å². The maximum Gasteiger partial charge on any atom is 0.171 e. The van der Waals surface area contributed by atoms with Gasteiger partial charge in [-0.05, 0) is 80.2 Å². The summed E-state index contributed by atoms with van der Waals surface area (Å²) in [5.74, 6) is 0. The van der Waals surface area contributed by atoms with Crippen molar-refractivity contribution in [3.8, 4) is 33.5 Å². The van der Waals surface area contributed by atoms with Crippen LogP contribution in [0.15, 0.2) is 211 Å². The van der Waals surface area contributed by atoms with Crippen molar-refractivity contribution in [3.05, 3.63) is 206 Å². The summed E-state index contributed by atoms with van der Waals surface area (Å²) >= 11 is 0. The van der Waals surface area contributed by atoms with Crippen molar-refractivity contribution in [1.82, 2.24) is 4.98 Å². The largest absolute Gasteiger partial charge is 0.454 e. The summed E-state index contributed by atoms with van der Waals surface area (Å²) in [5.41, 5.74) is 8.66. The Balaban J connectivity index is 1.07. The molecule has 57 heavy (non-hydrogen) atoms. The van der Waals surface area contributed by atoms with Crippen LogP contribution in [0.1, 0.15) is 0 Å². The number of para-hydroxylation sites is 1. The fourth-order valence-electron chi connectivity index (χ4n) is 8.58. The molecule has 0 unspecified atom stereocenters. The number of nitrogens with zero attached hydrogens (tertiary/aromatic N) is 1. The molecule has 0 aliphatic rings. The second-order valence-corrected chi connectivity index (χ2v) is 17.4. The molecule has 0 spiro atoms. The fourth-order valence-corrected chi connectivity index (χ4v) is 11.3. The molecule has 11 rings (SSSR count). The van der Waals surface area contributed by atoms with Crippen LogP contribution in [0.5, 0.6) is 0 Å².